The molecule has 4 aromatic rings. The number of nitriles is 1. The van der Waals surface area contributed by atoms with Gasteiger partial charge >= 0.3 is 0 Å². The number of hydrogen-bond acceptors (Lipinski definition) is 7. The van der Waals surface area contributed by atoms with E-state index >= 15 is 0 Å². The minimum atomic E-state index is 0.156. The molecule has 166 valence electrons. The summed E-state index contributed by atoms with van der Waals surface area (Å²) in [4.78, 5) is 4.01. The molecular formula is C25H24N6O2. The molecule has 0 radical (unpaired) electrons. The van der Waals surface area contributed by atoms with Gasteiger partial charge in [0, 0.05) is 24.2 Å². The average molecular weight is 441 g/mol. The SMILES string of the molecule is CCCOc1ccc(-c2nn(-c3ccccc3)cc2/C=N/Nc2oc(C)nc2C#N)cc1C. The predicted molar refractivity (Wildman–Crippen MR) is 127 cm³/mol. The van der Waals surface area contributed by atoms with Crippen molar-refractivity contribution < 1.29 is 9.15 Å². The summed E-state index contributed by atoms with van der Waals surface area (Å²) in [7, 11) is 0. The number of aryl methyl sites for hydroxylation is 2. The van der Waals surface area contributed by atoms with Crippen LogP contribution in [-0.4, -0.2) is 27.6 Å². The van der Waals surface area contributed by atoms with Gasteiger partial charge in [0.2, 0.25) is 5.69 Å². The van der Waals surface area contributed by atoms with Crippen LogP contribution in [0.3, 0.4) is 0 Å². The number of para-hydroxylation sites is 1. The number of nitrogens with zero attached hydrogens (tertiary/aromatic N) is 5. The van der Waals surface area contributed by atoms with Crippen molar-refractivity contribution in [3.8, 4) is 28.8 Å². The van der Waals surface area contributed by atoms with Gasteiger partial charge in [0.15, 0.2) is 5.89 Å². The molecule has 0 amide bonds. The van der Waals surface area contributed by atoms with Crippen molar-refractivity contribution in [3.63, 3.8) is 0 Å². The van der Waals surface area contributed by atoms with Crippen LogP contribution in [0.1, 0.15) is 36.1 Å². The number of rotatable bonds is 8. The van der Waals surface area contributed by atoms with Gasteiger partial charge in [-0.1, -0.05) is 25.1 Å². The number of oxazole rings is 1. The number of hydrazone groups is 1. The number of aromatic nitrogens is 3. The van der Waals surface area contributed by atoms with Crippen LogP contribution in [0.5, 0.6) is 5.75 Å². The Kier molecular flexibility index (Phi) is 6.51. The van der Waals surface area contributed by atoms with Gasteiger partial charge in [0.1, 0.15) is 17.5 Å². The number of ether oxygens (including phenoxy) is 1. The van der Waals surface area contributed by atoms with Crippen molar-refractivity contribution in [1.82, 2.24) is 14.8 Å². The molecule has 8 nitrogen and oxygen atoms in total. The molecule has 1 N–H and O–H groups in total. The molecule has 0 spiro atoms. The molecule has 0 saturated heterocycles. The fourth-order valence-corrected chi connectivity index (χ4v) is 3.33. The van der Waals surface area contributed by atoms with Crippen LogP contribution in [0.2, 0.25) is 0 Å². The highest BCUT2D eigenvalue weighted by Gasteiger charge is 2.14. The number of nitrogens with one attached hydrogen (secondary N) is 1. The lowest BCUT2D eigenvalue weighted by atomic mass is 10.1. The van der Waals surface area contributed by atoms with Crippen LogP contribution < -0.4 is 10.2 Å². The molecule has 8 heteroatoms. The van der Waals surface area contributed by atoms with Gasteiger partial charge in [-0.3, -0.25) is 0 Å². The van der Waals surface area contributed by atoms with E-state index in [9.17, 15) is 5.26 Å². The monoisotopic (exact) mass is 440 g/mol. The maximum atomic E-state index is 9.18. The van der Waals surface area contributed by atoms with E-state index in [-0.39, 0.29) is 11.6 Å². The highest BCUT2D eigenvalue weighted by molar-refractivity contribution is 5.89. The maximum absolute atomic E-state index is 9.18. The zero-order valence-corrected chi connectivity index (χ0v) is 18.7. The smallest absolute Gasteiger partial charge is 0.252 e. The van der Waals surface area contributed by atoms with Crippen molar-refractivity contribution in [2.24, 2.45) is 5.10 Å². The van der Waals surface area contributed by atoms with E-state index in [4.69, 9.17) is 14.3 Å². The molecule has 0 atom stereocenters. The van der Waals surface area contributed by atoms with Gasteiger partial charge in [-0.2, -0.15) is 15.5 Å². The first kappa shape index (κ1) is 21.8. The summed E-state index contributed by atoms with van der Waals surface area (Å²) >= 11 is 0. The molecule has 0 aliphatic heterocycles. The van der Waals surface area contributed by atoms with E-state index in [0.717, 1.165) is 40.2 Å². The molecule has 0 saturated carbocycles. The zero-order valence-electron chi connectivity index (χ0n) is 18.7. The first-order chi connectivity index (χ1) is 16.1. The van der Waals surface area contributed by atoms with Gasteiger partial charge in [-0.15, -0.1) is 0 Å². The Balaban J connectivity index is 1.69. The molecule has 33 heavy (non-hydrogen) atoms. The average Bonchev–Trinajstić information content (AvgIpc) is 3.42. The van der Waals surface area contributed by atoms with Crippen molar-refractivity contribution >= 4 is 12.1 Å². The second kappa shape index (κ2) is 9.83. The van der Waals surface area contributed by atoms with Gasteiger partial charge in [0.25, 0.3) is 5.88 Å². The summed E-state index contributed by atoms with van der Waals surface area (Å²) in [6, 6.07) is 17.9. The number of hydrogen-bond donors (Lipinski definition) is 1. The molecule has 0 bridgehead atoms. The Labute approximate surface area is 192 Å². The van der Waals surface area contributed by atoms with Gasteiger partial charge < -0.3 is 9.15 Å². The highest BCUT2D eigenvalue weighted by atomic mass is 16.5. The molecule has 2 aromatic carbocycles. The number of anilines is 1. The van der Waals surface area contributed by atoms with Crippen LogP contribution in [0.15, 0.2) is 64.2 Å². The third kappa shape index (κ3) is 4.93. The molecule has 2 heterocycles. The summed E-state index contributed by atoms with van der Waals surface area (Å²) in [6.45, 7) is 6.46. The third-order valence-electron chi connectivity index (χ3n) is 4.88. The summed E-state index contributed by atoms with van der Waals surface area (Å²) in [6.07, 6.45) is 4.51. The van der Waals surface area contributed by atoms with Crippen molar-refractivity contribution in [1.29, 1.82) is 5.26 Å². The minimum Gasteiger partial charge on any atom is -0.493 e. The molecule has 0 aliphatic carbocycles. The Morgan fingerprint density at radius 3 is 2.76 bits per heavy atom. The van der Waals surface area contributed by atoms with Crippen LogP contribution >= 0.6 is 0 Å². The van der Waals surface area contributed by atoms with Crippen molar-refractivity contribution in [3.05, 3.63) is 77.4 Å². The zero-order chi connectivity index (χ0) is 23.2. The first-order valence-corrected chi connectivity index (χ1v) is 10.6. The molecule has 0 unspecified atom stereocenters. The Morgan fingerprint density at radius 1 is 1.21 bits per heavy atom. The Morgan fingerprint density at radius 2 is 2.03 bits per heavy atom. The van der Waals surface area contributed by atoms with Crippen molar-refractivity contribution in [2.75, 3.05) is 12.0 Å². The fourth-order valence-electron chi connectivity index (χ4n) is 3.33. The van der Waals surface area contributed by atoms with Crippen molar-refractivity contribution in [2.45, 2.75) is 27.2 Å². The largest absolute Gasteiger partial charge is 0.493 e. The number of benzene rings is 2. The topological polar surface area (TPSA) is 101 Å². The predicted octanol–water partition coefficient (Wildman–Crippen LogP) is 5.25. The standard InChI is InChI=1S/C25H24N6O2/c1-4-12-32-23-11-10-19(13-17(23)2)24-20(16-31(30-24)21-8-6-5-7-9-21)15-27-29-25-22(14-26)28-18(3)33-25/h5-11,13,15-16,29H,4,12H2,1-3H3/b27-15+. The minimum absolute atomic E-state index is 0.156. The lowest BCUT2D eigenvalue weighted by Crippen LogP contribution is -1.98. The Hall–Kier alpha value is -4.38. The highest BCUT2D eigenvalue weighted by Crippen LogP contribution is 2.28. The van der Waals surface area contributed by atoms with E-state index in [1.807, 2.05) is 66.3 Å². The van der Waals surface area contributed by atoms with Crippen LogP contribution in [0, 0.1) is 25.2 Å². The summed E-state index contributed by atoms with van der Waals surface area (Å²) < 4.78 is 13.0. The summed E-state index contributed by atoms with van der Waals surface area (Å²) in [5, 5.41) is 18.3. The summed E-state index contributed by atoms with van der Waals surface area (Å²) in [5.41, 5.74) is 7.40. The first-order valence-electron chi connectivity index (χ1n) is 10.6. The maximum Gasteiger partial charge on any atom is 0.252 e. The van der Waals surface area contributed by atoms with Crippen LogP contribution in [0.4, 0.5) is 5.88 Å². The second-order valence-electron chi connectivity index (χ2n) is 7.43. The lowest BCUT2D eigenvalue weighted by molar-refractivity contribution is 0.315. The second-order valence-corrected chi connectivity index (χ2v) is 7.43. The van der Waals surface area contributed by atoms with E-state index in [2.05, 4.69) is 28.5 Å². The molecule has 4 rings (SSSR count). The lowest BCUT2D eigenvalue weighted by Gasteiger charge is -2.09. The van der Waals surface area contributed by atoms with E-state index in [1.165, 1.54) is 0 Å². The Bertz CT molecular complexity index is 1310. The quantitative estimate of drug-likeness (QED) is 0.297. The summed E-state index contributed by atoms with van der Waals surface area (Å²) in [5.74, 6) is 1.46. The normalized spacial score (nSPS) is 11.0. The molecule has 2 aromatic heterocycles. The van der Waals surface area contributed by atoms with Gasteiger partial charge in [0.05, 0.1) is 18.5 Å². The molecular weight excluding hydrogens is 416 g/mol. The van der Waals surface area contributed by atoms with Crippen LogP contribution in [-0.2, 0) is 0 Å². The van der Waals surface area contributed by atoms with E-state index in [1.54, 1.807) is 13.1 Å². The fraction of sp³-hybridized carbons (Fsp3) is 0.200. The van der Waals surface area contributed by atoms with E-state index in [0.29, 0.717) is 12.5 Å². The molecule has 0 fully saturated rings. The van der Waals surface area contributed by atoms with Gasteiger partial charge in [-0.05, 0) is 49.2 Å². The van der Waals surface area contributed by atoms with Gasteiger partial charge in [-0.25, -0.2) is 15.1 Å². The molecule has 0 aliphatic rings. The van der Waals surface area contributed by atoms with Crippen LogP contribution in [0.25, 0.3) is 16.9 Å². The van der Waals surface area contributed by atoms with E-state index < -0.39 is 0 Å². The third-order valence-corrected chi connectivity index (χ3v) is 4.88.